The van der Waals surface area contributed by atoms with Crippen LogP contribution in [0.2, 0.25) is 0 Å². The van der Waals surface area contributed by atoms with E-state index >= 15 is 0 Å². The molecule has 2 aromatic carbocycles. The second-order valence-corrected chi connectivity index (χ2v) is 6.07. The van der Waals surface area contributed by atoms with E-state index in [1.165, 1.54) is 0 Å². The molecular formula is C19H18F3NO3. The van der Waals surface area contributed by atoms with Crippen molar-refractivity contribution in [3.8, 4) is 11.5 Å². The van der Waals surface area contributed by atoms with Crippen molar-refractivity contribution >= 4 is 5.91 Å². The van der Waals surface area contributed by atoms with Crippen LogP contribution in [0.3, 0.4) is 0 Å². The zero-order valence-electron chi connectivity index (χ0n) is 14.4. The molecule has 1 aliphatic carbocycles. The number of benzene rings is 2. The highest BCUT2D eigenvalue weighted by Gasteiger charge is 2.26. The Morgan fingerprint density at radius 1 is 1.12 bits per heavy atom. The maximum atomic E-state index is 13.7. The lowest BCUT2D eigenvalue weighted by molar-refractivity contribution is 0.0945. The molecule has 1 amide bonds. The normalized spacial score (nSPS) is 15.5. The Bertz CT molecular complexity index is 854. The molecule has 1 N–H and O–H groups in total. The number of nitrogens with one attached hydrogen (secondary N) is 1. The lowest BCUT2D eigenvalue weighted by atomic mass is 10.0. The Morgan fingerprint density at radius 2 is 1.81 bits per heavy atom. The molecule has 26 heavy (non-hydrogen) atoms. The highest BCUT2D eigenvalue weighted by molar-refractivity contribution is 5.94. The van der Waals surface area contributed by atoms with Crippen molar-refractivity contribution in [3.05, 3.63) is 58.4 Å². The number of ether oxygens (including phenoxy) is 2. The molecule has 0 bridgehead atoms. The Balaban J connectivity index is 1.75. The number of aryl methyl sites for hydroxylation is 1. The molecule has 4 nitrogen and oxygen atoms in total. The van der Waals surface area contributed by atoms with Crippen molar-refractivity contribution in [2.75, 3.05) is 20.8 Å². The summed E-state index contributed by atoms with van der Waals surface area (Å²) < 4.78 is 50.6. The van der Waals surface area contributed by atoms with Crippen LogP contribution in [0.25, 0.3) is 0 Å². The van der Waals surface area contributed by atoms with E-state index in [4.69, 9.17) is 9.47 Å². The van der Waals surface area contributed by atoms with Crippen molar-refractivity contribution in [3.63, 3.8) is 0 Å². The van der Waals surface area contributed by atoms with Gasteiger partial charge in [0.25, 0.3) is 5.91 Å². The van der Waals surface area contributed by atoms with Gasteiger partial charge in [0.2, 0.25) is 0 Å². The average molecular weight is 365 g/mol. The van der Waals surface area contributed by atoms with Gasteiger partial charge in [0.1, 0.15) is 0 Å². The van der Waals surface area contributed by atoms with Crippen molar-refractivity contribution < 1.29 is 27.4 Å². The van der Waals surface area contributed by atoms with Crippen LogP contribution in [0.15, 0.2) is 24.3 Å². The molecule has 0 fully saturated rings. The number of hydrogen-bond donors (Lipinski definition) is 1. The molecule has 1 unspecified atom stereocenters. The van der Waals surface area contributed by atoms with Crippen LogP contribution in [-0.2, 0) is 6.42 Å². The largest absolute Gasteiger partial charge is 0.493 e. The summed E-state index contributed by atoms with van der Waals surface area (Å²) in [5.74, 6) is -4.00. The molecule has 138 valence electrons. The molecule has 0 aliphatic heterocycles. The topological polar surface area (TPSA) is 47.6 Å². The summed E-state index contributed by atoms with van der Waals surface area (Å²) in [4.78, 5) is 12.1. The number of fused-ring (bicyclic) bond motifs is 1. The average Bonchev–Trinajstić information content (AvgIpc) is 3.04. The van der Waals surface area contributed by atoms with Crippen molar-refractivity contribution in [1.29, 1.82) is 0 Å². The number of carbonyl (C=O) groups is 1. The summed E-state index contributed by atoms with van der Waals surface area (Å²) in [6.07, 6.45) is 1.61. The monoisotopic (exact) mass is 365 g/mol. The van der Waals surface area contributed by atoms with Gasteiger partial charge in [-0.15, -0.1) is 0 Å². The SMILES string of the molecule is COc1cc2c(cc1OC)C(CNC(=O)c1ccc(F)c(F)c1F)CC2. The molecule has 7 heteroatoms. The number of rotatable bonds is 5. The lowest BCUT2D eigenvalue weighted by Crippen LogP contribution is -2.28. The minimum atomic E-state index is -1.65. The molecule has 0 radical (unpaired) electrons. The standard InChI is InChI=1S/C19H18F3NO3/c1-25-15-7-10-3-4-11(13(10)8-16(15)26-2)9-23-19(24)12-5-6-14(20)18(22)17(12)21/h5-8,11H,3-4,9H2,1-2H3,(H,23,24). The van der Waals surface area contributed by atoms with Gasteiger partial charge in [-0.3, -0.25) is 4.79 Å². The Hall–Kier alpha value is -2.70. The minimum Gasteiger partial charge on any atom is -0.493 e. The van der Waals surface area contributed by atoms with Gasteiger partial charge in [0.05, 0.1) is 19.8 Å². The van der Waals surface area contributed by atoms with Gasteiger partial charge in [-0.25, -0.2) is 13.2 Å². The molecule has 2 aromatic rings. The van der Waals surface area contributed by atoms with Gasteiger partial charge in [0.15, 0.2) is 29.0 Å². The number of carbonyl (C=O) groups excluding carboxylic acids is 1. The summed E-state index contributed by atoms with van der Waals surface area (Å²) in [7, 11) is 3.11. The van der Waals surface area contributed by atoms with Gasteiger partial charge in [-0.2, -0.15) is 0 Å². The molecule has 0 spiro atoms. The number of methoxy groups -OCH3 is 2. The maximum Gasteiger partial charge on any atom is 0.254 e. The van der Waals surface area contributed by atoms with E-state index in [0.717, 1.165) is 36.1 Å². The first kappa shape index (κ1) is 18.1. The van der Waals surface area contributed by atoms with Crippen LogP contribution in [0.5, 0.6) is 11.5 Å². The predicted octanol–water partition coefficient (Wildman–Crippen LogP) is 3.58. The minimum absolute atomic E-state index is 0.0158. The third-order valence-corrected chi connectivity index (χ3v) is 4.64. The Morgan fingerprint density at radius 3 is 2.50 bits per heavy atom. The molecular weight excluding hydrogens is 347 g/mol. The third kappa shape index (κ3) is 3.21. The first-order chi connectivity index (χ1) is 12.5. The van der Waals surface area contributed by atoms with Gasteiger partial charge >= 0.3 is 0 Å². The van der Waals surface area contributed by atoms with Gasteiger partial charge in [-0.05, 0) is 48.2 Å². The van der Waals surface area contributed by atoms with Gasteiger partial charge < -0.3 is 14.8 Å². The van der Waals surface area contributed by atoms with Crippen molar-refractivity contribution in [2.45, 2.75) is 18.8 Å². The van der Waals surface area contributed by atoms with E-state index < -0.39 is 28.9 Å². The number of hydrogen-bond acceptors (Lipinski definition) is 3. The second kappa shape index (κ2) is 7.27. The van der Waals surface area contributed by atoms with E-state index in [2.05, 4.69) is 5.32 Å². The van der Waals surface area contributed by atoms with Crippen molar-refractivity contribution in [1.82, 2.24) is 5.32 Å². The fourth-order valence-electron chi connectivity index (χ4n) is 3.24. The predicted molar refractivity (Wildman–Crippen MR) is 89.3 cm³/mol. The molecule has 1 aliphatic rings. The van der Waals surface area contributed by atoms with E-state index in [0.29, 0.717) is 11.5 Å². The molecule has 1 atom stereocenters. The summed E-state index contributed by atoms with van der Waals surface area (Å²) in [5.41, 5.74) is 1.60. The van der Waals surface area contributed by atoms with E-state index in [-0.39, 0.29) is 12.5 Å². The van der Waals surface area contributed by atoms with Gasteiger partial charge in [0, 0.05) is 12.5 Å². The smallest absolute Gasteiger partial charge is 0.254 e. The lowest BCUT2D eigenvalue weighted by Gasteiger charge is -2.15. The summed E-state index contributed by atoms with van der Waals surface area (Å²) in [5, 5.41) is 2.60. The van der Waals surface area contributed by atoms with E-state index in [9.17, 15) is 18.0 Å². The Labute approximate surface area is 148 Å². The van der Waals surface area contributed by atoms with Gasteiger partial charge in [-0.1, -0.05) is 0 Å². The van der Waals surface area contributed by atoms with Crippen LogP contribution in [-0.4, -0.2) is 26.7 Å². The molecule has 3 rings (SSSR count). The fourth-order valence-corrected chi connectivity index (χ4v) is 3.24. The molecule has 0 saturated heterocycles. The molecule has 0 aromatic heterocycles. The molecule has 0 heterocycles. The molecule has 0 saturated carbocycles. The quantitative estimate of drug-likeness (QED) is 0.824. The number of halogens is 3. The second-order valence-electron chi connectivity index (χ2n) is 6.07. The summed E-state index contributed by atoms with van der Waals surface area (Å²) in [6.45, 7) is 0.250. The Kier molecular flexibility index (Phi) is 5.06. The van der Waals surface area contributed by atoms with Crippen LogP contribution >= 0.6 is 0 Å². The highest BCUT2D eigenvalue weighted by Crippen LogP contribution is 2.40. The zero-order valence-corrected chi connectivity index (χ0v) is 14.4. The van der Waals surface area contributed by atoms with Crippen LogP contribution in [0, 0.1) is 17.5 Å². The van der Waals surface area contributed by atoms with Crippen LogP contribution < -0.4 is 14.8 Å². The van der Waals surface area contributed by atoms with E-state index in [1.807, 2.05) is 12.1 Å². The number of amides is 1. The fraction of sp³-hybridized carbons (Fsp3) is 0.316. The zero-order chi connectivity index (χ0) is 18.8. The summed E-state index contributed by atoms with van der Waals surface area (Å²) in [6, 6.07) is 5.44. The first-order valence-electron chi connectivity index (χ1n) is 8.12. The third-order valence-electron chi connectivity index (χ3n) is 4.64. The van der Waals surface area contributed by atoms with Crippen molar-refractivity contribution in [2.24, 2.45) is 0 Å². The van der Waals surface area contributed by atoms with E-state index in [1.54, 1.807) is 14.2 Å². The van der Waals surface area contributed by atoms with Crippen LogP contribution in [0.1, 0.15) is 33.8 Å². The highest BCUT2D eigenvalue weighted by atomic mass is 19.2. The first-order valence-corrected chi connectivity index (χ1v) is 8.12. The van der Waals surface area contributed by atoms with Crippen LogP contribution in [0.4, 0.5) is 13.2 Å². The summed E-state index contributed by atoms with van der Waals surface area (Å²) >= 11 is 0. The maximum absolute atomic E-state index is 13.7.